The normalized spacial score (nSPS) is 18.7. The Bertz CT molecular complexity index is 1000. The van der Waals surface area contributed by atoms with Gasteiger partial charge in [-0.1, -0.05) is 0 Å². The molecule has 3 amide bonds. The van der Waals surface area contributed by atoms with Crippen molar-refractivity contribution in [1.82, 2.24) is 9.80 Å². The zero-order chi connectivity index (χ0) is 22.1. The summed E-state index contributed by atoms with van der Waals surface area (Å²) in [5, 5.41) is 2.83. The number of rotatable bonds is 5. The first kappa shape index (κ1) is 20.6. The summed E-state index contributed by atoms with van der Waals surface area (Å²) in [4.78, 5) is 44.2. The highest BCUT2D eigenvalue weighted by molar-refractivity contribution is 6.05. The van der Waals surface area contributed by atoms with Crippen molar-refractivity contribution < 1.29 is 18.8 Å². The van der Waals surface area contributed by atoms with Gasteiger partial charge in [0.1, 0.15) is 0 Å². The molecule has 3 heterocycles. The summed E-state index contributed by atoms with van der Waals surface area (Å²) < 4.78 is 5.17. The van der Waals surface area contributed by atoms with Crippen molar-refractivity contribution in [2.24, 2.45) is 5.92 Å². The molecule has 1 aromatic carbocycles. The van der Waals surface area contributed by atoms with Crippen LogP contribution in [0.3, 0.4) is 0 Å². The van der Waals surface area contributed by atoms with E-state index in [9.17, 15) is 14.4 Å². The van der Waals surface area contributed by atoms with E-state index in [0.29, 0.717) is 37.4 Å². The van der Waals surface area contributed by atoms with E-state index in [4.69, 9.17) is 4.42 Å². The van der Waals surface area contributed by atoms with E-state index < -0.39 is 0 Å². The van der Waals surface area contributed by atoms with Crippen LogP contribution in [0.1, 0.15) is 46.6 Å². The minimum absolute atomic E-state index is 0.0110. The van der Waals surface area contributed by atoms with E-state index in [1.807, 2.05) is 21.9 Å². The fourth-order valence-corrected chi connectivity index (χ4v) is 4.51. The van der Waals surface area contributed by atoms with Crippen LogP contribution in [-0.2, 0) is 4.79 Å². The van der Waals surface area contributed by atoms with Gasteiger partial charge in [-0.3, -0.25) is 14.4 Å². The summed E-state index contributed by atoms with van der Waals surface area (Å²) in [6.45, 7) is 4.23. The number of amides is 3. The van der Waals surface area contributed by atoms with Crippen LogP contribution < -0.4 is 10.2 Å². The molecule has 1 aliphatic carbocycles. The Balaban J connectivity index is 1.36. The molecule has 2 saturated heterocycles. The topological polar surface area (TPSA) is 86.1 Å². The third-order valence-corrected chi connectivity index (χ3v) is 6.48. The lowest BCUT2D eigenvalue weighted by atomic mass is 10.1. The van der Waals surface area contributed by atoms with Gasteiger partial charge in [-0.05, 0) is 56.0 Å². The largest absolute Gasteiger partial charge is 0.459 e. The fourth-order valence-electron chi connectivity index (χ4n) is 4.51. The van der Waals surface area contributed by atoms with Crippen molar-refractivity contribution in [2.45, 2.75) is 25.7 Å². The maximum absolute atomic E-state index is 13.4. The van der Waals surface area contributed by atoms with Gasteiger partial charge in [0.15, 0.2) is 5.76 Å². The number of benzene rings is 1. The molecule has 8 heteroatoms. The number of nitrogens with zero attached hydrogens (tertiary/aromatic N) is 3. The highest BCUT2D eigenvalue weighted by atomic mass is 16.3. The summed E-state index contributed by atoms with van der Waals surface area (Å²) in [7, 11) is 0. The van der Waals surface area contributed by atoms with Gasteiger partial charge >= 0.3 is 0 Å². The summed E-state index contributed by atoms with van der Waals surface area (Å²) in [5.74, 6) is 0.357. The molecule has 0 spiro atoms. The lowest BCUT2D eigenvalue weighted by molar-refractivity contribution is -0.132. The number of nitrogens with one attached hydrogen (secondary N) is 1. The highest BCUT2D eigenvalue weighted by Gasteiger charge is 2.35. The Morgan fingerprint density at radius 3 is 2.31 bits per heavy atom. The van der Waals surface area contributed by atoms with E-state index in [1.165, 1.54) is 6.26 Å². The summed E-state index contributed by atoms with van der Waals surface area (Å²) in [6.07, 6.45) is 5.50. The minimum atomic E-state index is -0.352. The average Bonchev–Trinajstić information content (AvgIpc) is 3.27. The molecule has 1 saturated carbocycles. The number of carbonyl (C=O) groups is 3. The smallest absolute Gasteiger partial charge is 0.291 e. The average molecular weight is 437 g/mol. The van der Waals surface area contributed by atoms with Crippen molar-refractivity contribution in [1.29, 1.82) is 0 Å². The summed E-state index contributed by atoms with van der Waals surface area (Å²) in [6, 6.07) is 8.74. The lowest BCUT2D eigenvalue weighted by Crippen LogP contribution is -2.49. The van der Waals surface area contributed by atoms with Crippen LogP contribution in [0.4, 0.5) is 11.4 Å². The first-order valence-electron chi connectivity index (χ1n) is 11.4. The van der Waals surface area contributed by atoms with Gasteiger partial charge < -0.3 is 24.4 Å². The molecule has 2 aliphatic heterocycles. The molecule has 1 aromatic heterocycles. The van der Waals surface area contributed by atoms with Crippen LogP contribution in [0, 0.1) is 5.92 Å². The molecule has 0 radical (unpaired) electrons. The zero-order valence-electron chi connectivity index (χ0n) is 18.1. The van der Waals surface area contributed by atoms with Gasteiger partial charge in [0.25, 0.3) is 11.8 Å². The Kier molecular flexibility index (Phi) is 5.59. The molecular weight excluding hydrogens is 408 g/mol. The third kappa shape index (κ3) is 4.22. The second-order valence-corrected chi connectivity index (χ2v) is 8.75. The minimum Gasteiger partial charge on any atom is -0.459 e. The van der Waals surface area contributed by atoms with Crippen LogP contribution in [0.5, 0.6) is 0 Å². The third-order valence-electron chi connectivity index (χ3n) is 6.48. The van der Waals surface area contributed by atoms with Crippen LogP contribution in [-0.4, -0.2) is 66.8 Å². The van der Waals surface area contributed by atoms with Crippen LogP contribution in [0.25, 0.3) is 0 Å². The Hall–Kier alpha value is -3.29. The number of hydrogen-bond acceptors (Lipinski definition) is 5. The van der Waals surface area contributed by atoms with Gasteiger partial charge in [0, 0.05) is 56.6 Å². The van der Waals surface area contributed by atoms with Crippen LogP contribution in [0.2, 0.25) is 0 Å². The van der Waals surface area contributed by atoms with E-state index in [1.54, 1.807) is 18.2 Å². The lowest BCUT2D eigenvalue weighted by Gasteiger charge is -2.37. The molecule has 32 heavy (non-hydrogen) atoms. The molecular formula is C24H28N4O4. The van der Waals surface area contributed by atoms with Gasteiger partial charge in [-0.15, -0.1) is 0 Å². The van der Waals surface area contributed by atoms with Gasteiger partial charge in [-0.2, -0.15) is 0 Å². The molecule has 3 fully saturated rings. The van der Waals surface area contributed by atoms with E-state index in [-0.39, 0.29) is 29.4 Å². The van der Waals surface area contributed by atoms with E-state index >= 15 is 0 Å². The Morgan fingerprint density at radius 1 is 0.906 bits per heavy atom. The molecule has 3 aliphatic rings. The molecule has 1 N–H and O–H groups in total. The molecule has 0 unspecified atom stereocenters. The molecule has 2 aromatic rings. The van der Waals surface area contributed by atoms with Gasteiger partial charge in [0.2, 0.25) is 5.91 Å². The van der Waals surface area contributed by atoms with Crippen molar-refractivity contribution in [3.63, 3.8) is 0 Å². The second kappa shape index (κ2) is 8.68. The number of anilines is 2. The maximum Gasteiger partial charge on any atom is 0.291 e. The molecule has 0 atom stereocenters. The van der Waals surface area contributed by atoms with Crippen molar-refractivity contribution in [3.8, 4) is 0 Å². The number of furan rings is 1. The van der Waals surface area contributed by atoms with Gasteiger partial charge in [0.05, 0.1) is 11.8 Å². The molecule has 5 rings (SSSR count). The number of hydrogen-bond donors (Lipinski definition) is 1. The standard InChI is InChI=1S/C24H28N4O4/c29-22(21-4-3-15-32-21)25-18-7-8-20(19(16-18)24(31)27-9-1-2-10-27)26-11-13-28(14-12-26)23(30)17-5-6-17/h3-4,7-8,15-17H,1-2,5-6,9-14H2,(H,25,29). The number of likely N-dealkylation sites (tertiary alicyclic amines) is 1. The molecule has 0 bridgehead atoms. The van der Waals surface area contributed by atoms with Crippen molar-refractivity contribution >= 4 is 29.1 Å². The Morgan fingerprint density at radius 2 is 1.66 bits per heavy atom. The SMILES string of the molecule is O=C(Nc1ccc(N2CCN(C(=O)C3CC3)CC2)c(C(=O)N2CCCC2)c1)c1ccco1. The van der Waals surface area contributed by atoms with Crippen molar-refractivity contribution in [2.75, 3.05) is 49.5 Å². The predicted molar refractivity (Wildman–Crippen MR) is 120 cm³/mol. The predicted octanol–water partition coefficient (Wildman–Crippen LogP) is 2.83. The van der Waals surface area contributed by atoms with E-state index in [2.05, 4.69) is 10.2 Å². The highest BCUT2D eigenvalue weighted by Crippen LogP contribution is 2.32. The van der Waals surface area contributed by atoms with Crippen LogP contribution in [0.15, 0.2) is 41.0 Å². The first-order chi connectivity index (χ1) is 15.6. The molecule has 168 valence electrons. The van der Waals surface area contributed by atoms with Crippen molar-refractivity contribution in [3.05, 3.63) is 47.9 Å². The monoisotopic (exact) mass is 436 g/mol. The van der Waals surface area contributed by atoms with E-state index in [0.717, 1.165) is 44.5 Å². The van der Waals surface area contributed by atoms with Crippen LogP contribution >= 0.6 is 0 Å². The summed E-state index contributed by atoms with van der Waals surface area (Å²) >= 11 is 0. The zero-order valence-corrected chi connectivity index (χ0v) is 18.1. The quantitative estimate of drug-likeness (QED) is 0.779. The summed E-state index contributed by atoms with van der Waals surface area (Å²) in [5.41, 5.74) is 2.00. The Labute approximate surface area is 187 Å². The fraction of sp³-hybridized carbons (Fsp3) is 0.458. The number of carbonyl (C=O) groups excluding carboxylic acids is 3. The second-order valence-electron chi connectivity index (χ2n) is 8.75. The number of piperazine rings is 1. The molecule has 8 nitrogen and oxygen atoms in total. The first-order valence-corrected chi connectivity index (χ1v) is 11.4. The van der Waals surface area contributed by atoms with Gasteiger partial charge in [-0.25, -0.2) is 0 Å². The maximum atomic E-state index is 13.4.